The van der Waals surface area contributed by atoms with E-state index in [4.69, 9.17) is 5.73 Å². The molecule has 1 heterocycles. The molecule has 0 aliphatic rings. The lowest BCUT2D eigenvalue weighted by Crippen LogP contribution is -2.28. The van der Waals surface area contributed by atoms with Crippen molar-refractivity contribution in [3.05, 3.63) is 58.1 Å². The van der Waals surface area contributed by atoms with Crippen molar-refractivity contribution in [3.8, 4) is 0 Å². The van der Waals surface area contributed by atoms with Crippen LogP contribution in [0, 0.1) is 6.92 Å². The van der Waals surface area contributed by atoms with Gasteiger partial charge >= 0.3 is 0 Å². The number of carbonyl (C=O) groups is 1. The molecular formula is C14H14BrN3O3S. The lowest BCUT2D eigenvalue weighted by molar-refractivity contribution is -0.118. The predicted molar refractivity (Wildman–Crippen MR) is 85.3 cm³/mol. The topological polar surface area (TPSA) is 94.5 Å². The van der Waals surface area contributed by atoms with Gasteiger partial charge in [-0.2, -0.15) is 8.42 Å². The first-order chi connectivity index (χ1) is 10.3. The Labute approximate surface area is 136 Å². The molecule has 6 nitrogen and oxygen atoms in total. The second-order valence-corrected chi connectivity index (χ2v) is 7.20. The Morgan fingerprint density at radius 2 is 1.91 bits per heavy atom. The summed E-state index contributed by atoms with van der Waals surface area (Å²) in [7, 11) is -3.87. The van der Waals surface area contributed by atoms with Crippen LogP contribution >= 0.6 is 15.9 Å². The number of hydrogen-bond donors (Lipinski definition) is 1. The number of halogens is 1. The van der Waals surface area contributed by atoms with Crippen molar-refractivity contribution < 1.29 is 13.2 Å². The molecule has 22 heavy (non-hydrogen) atoms. The van der Waals surface area contributed by atoms with Crippen LogP contribution < -0.4 is 11.2 Å². The number of pyridine rings is 1. The van der Waals surface area contributed by atoms with Gasteiger partial charge < -0.3 is 10.3 Å². The first-order valence-corrected chi connectivity index (χ1v) is 8.53. The Morgan fingerprint density at radius 1 is 1.27 bits per heavy atom. The molecule has 0 saturated heterocycles. The van der Waals surface area contributed by atoms with Crippen molar-refractivity contribution in [1.82, 2.24) is 4.57 Å². The number of carbonyl (C=O) groups excluding carboxylic acids is 1. The lowest BCUT2D eigenvalue weighted by atomic mass is 10.2. The molecule has 8 heteroatoms. The molecule has 0 aliphatic carbocycles. The second-order valence-electron chi connectivity index (χ2n) is 4.68. The van der Waals surface area contributed by atoms with Crippen LogP contribution in [0.3, 0.4) is 0 Å². The summed E-state index contributed by atoms with van der Waals surface area (Å²) in [4.78, 5) is 11.2. The Balaban J connectivity index is 2.58. The molecule has 0 spiro atoms. The van der Waals surface area contributed by atoms with E-state index in [0.717, 1.165) is 5.56 Å². The van der Waals surface area contributed by atoms with Gasteiger partial charge in [0.25, 0.3) is 10.0 Å². The molecule has 1 aromatic heterocycles. The fourth-order valence-electron chi connectivity index (χ4n) is 1.76. The summed E-state index contributed by atoms with van der Waals surface area (Å²) in [5.41, 5.74) is 6.23. The van der Waals surface area contributed by atoms with E-state index in [2.05, 4.69) is 20.3 Å². The molecule has 0 atom stereocenters. The number of hydrogen-bond acceptors (Lipinski definition) is 3. The highest BCUT2D eigenvalue weighted by Gasteiger charge is 2.12. The maximum atomic E-state index is 12.4. The Hall–Kier alpha value is -1.93. The maximum Gasteiger partial charge on any atom is 0.284 e. The summed E-state index contributed by atoms with van der Waals surface area (Å²) in [5.74, 6) is -0.587. The van der Waals surface area contributed by atoms with Crippen LogP contribution in [0.4, 0.5) is 0 Å². The number of aryl methyl sites for hydroxylation is 1. The van der Waals surface area contributed by atoms with Crippen LogP contribution in [0.2, 0.25) is 0 Å². The molecule has 0 bridgehead atoms. The molecule has 116 valence electrons. The molecule has 2 N–H and O–H groups in total. The summed E-state index contributed by atoms with van der Waals surface area (Å²) in [6.45, 7) is 1.71. The van der Waals surface area contributed by atoms with E-state index in [1.165, 1.54) is 22.8 Å². The molecule has 0 radical (unpaired) electrons. The Kier molecular flexibility index (Phi) is 4.82. The second kappa shape index (κ2) is 6.45. The van der Waals surface area contributed by atoms with E-state index in [-0.39, 0.29) is 16.9 Å². The SMILES string of the molecule is Cc1ccc(S(=O)(=O)/N=c2/cc(Br)ccn2CC(N)=O)cc1. The number of rotatable bonds is 4. The fourth-order valence-corrected chi connectivity index (χ4v) is 3.07. The summed E-state index contributed by atoms with van der Waals surface area (Å²) in [5, 5.41) is 0. The standard InChI is InChI=1S/C14H14BrN3O3S/c1-10-2-4-12(5-3-10)22(20,21)17-14-8-11(15)6-7-18(14)9-13(16)19/h2-8H,9H2,1H3,(H2,16,19)/b17-14-. The minimum atomic E-state index is -3.87. The van der Waals surface area contributed by atoms with Gasteiger partial charge in [-0.05, 0) is 31.2 Å². The van der Waals surface area contributed by atoms with Crippen LogP contribution in [0.25, 0.3) is 0 Å². The van der Waals surface area contributed by atoms with Gasteiger partial charge in [-0.25, -0.2) is 0 Å². The van der Waals surface area contributed by atoms with Crippen LogP contribution in [-0.2, 0) is 21.4 Å². The van der Waals surface area contributed by atoms with Crippen molar-refractivity contribution in [1.29, 1.82) is 0 Å². The van der Waals surface area contributed by atoms with Crippen molar-refractivity contribution in [2.75, 3.05) is 0 Å². The van der Waals surface area contributed by atoms with Gasteiger partial charge in [0.2, 0.25) is 5.91 Å². The van der Waals surface area contributed by atoms with Crippen molar-refractivity contribution in [3.63, 3.8) is 0 Å². The van der Waals surface area contributed by atoms with Gasteiger partial charge in [-0.15, -0.1) is 4.40 Å². The number of nitrogens with two attached hydrogens (primary N) is 1. The monoisotopic (exact) mass is 383 g/mol. The molecule has 1 amide bonds. The minimum Gasteiger partial charge on any atom is -0.368 e. The summed E-state index contributed by atoms with van der Waals surface area (Å²) < 4.78 is 30.5. The van der Waals surface area contributed by atoms with Gasteiger partial charge in [0, 0.05) is 10.7 Å². The number of sulfonamides is 1. The van der Waals surface area contributed by atoms with Crippen LogP contribution in [0.15, 0.2) is 56.4 Å². The van der Waals surface area contributed by atoms with Crippen molar-refractivity contribution >= 4 is 31.9 Å². The summed E-state index contributed by atoms with van der Waals surface area (Å²) in [6.07, 6.45) is 1.54. The average Bonchev–Trinajstić information content (AvgIpc) is 2.41. The lowest BCUT2D eigenvalue weighted by Gasteiger charge is -2.06. The molecule has 2 rings (SSSR count). The zero-order valence-electron chi connectivity index (χ0n) is 11.7. The molecule has 0 aliphatic heterocycles. The quantitative estimate of drug-likeness (QED) is 0.862. The van der Waals surface area contributed by atoms with E-state index < -0.39 is 15.9 Å². The fraction of sp³-hybridized carbons (Fsp3) is 0.143. The molecule has 1 aromatic carbocycles. The third-order valence-electron chi connectivity index (χ3n) is 2.83. The maximum absolute atomic E-state index is 12.4. The van der Waals surface area contributed by atoms with Crippen molar-refractivity contribution in [2.45, 2.75) is 18.4 Å². The summed E-state index contributed by atoms with van der Waals surface area (Å²) in [6, 6.07) is 9.55. The number of aromatic nitrogens is 1. The molecule has 2 aromatic rings. The highest BCUT2D eigenvalue weighted by Crippen LogP contribution is 2.13. The molecule has 0 fully saturated rings. The van der Waals surface area contributed by atoms with Crippen LogP contribution in [-0.4, -0.2) is 18.9 Å². The normalized spacial score (nSPS) is 12.4. The number of benzene rings is 1. The van der Waals surface area contributed by atoms with E-state index in [9.17, 15) is 13.2 Å². The Bertz CT molecular complexity index is 871. The van der Waals surface area contributed by atoms with E-state index in [1.54, 1.807) is 24.4 Å². The number of nitrogens with zero attached hydrogens (tertiary/aromatic N) is 2. The van der Waals surface area contributed by atoms with Crippen molar-refractivity contribution in [2.24, 2.45) is 10.1 Å². The van der Waals surface area contributed by atoms with Gasteiger partial charge in [-0.1, -0.05) is 33.6 Å². The highest BCUT2D eigenvalue weighted by molar-refractivity contribution is 9.10. The third-order valence-corrected chi connectivity index (χ3v) is 4.62. The van der Waals surface area contributed by atoms with E-state index in [0.29, 0.717) is 4.47 Å². The highest BCUT2D eigenvalue weighted by atomic mass is 79.9. The van der Waals surface area contributed by atoms with Gasteiger partial charge in [0.05, 0.1) is 4.90 Å². The van der Waals surface area contributed by atoms with Gasteiger partial charge in [-0.3, -0.25) is 4.79 Å². The number of amides is 1. The predicted octanol–water partition coefficient (Wildman–Crippen LogP) is 1.33. The third kappa shape index (κ3) is 4.05. The first kappa shape index (κ1) is 16.4. The molecule has 0 saturated carbocycles. The molecule has 0 unspecified atom stereocenters. The van der Waals surface area contributed by atoms with Crippen LogP contribution in [0.1, 0.15) is 5.56 Å². The average molecular weight is 384 g/mol. The van der Waals surface area contributed by atoms with Crippen LogP contribution in [0.5, 0.6) is 0 Å². The largest absolute Gasteiger partial charge is 0.368 e. The minimum absolute atomic E-state index is 0.0868. The Morgan fingerprint density at radius 3 is 2.50 bits per heavy atom. The zero-order valence-corrected chi connectivity index (χ0v) is 14.1. The zero-order chi connectivity index (χ0) is 16.3. The first-order valence-electron chi connectivity index (χ1n) is 6.30. The molecular weight excluding hydrogens is 370 g/mol. The van der Waals surface area contributed by atoms with E-state index in [1.807, 2.05) is 6.92 Å². The van der Waals surface area contributed by atoms with Gasteiger partial charge in [0.1, 0.15) is 12.0 Å². The summed E-state index contributed by atoms with van der Waals surface area (Å²) >= 11 is 3.25. The number of primary amides is 1. The van der Waals surface area contributed by atoms with E-state index >= 15 is 0 Å². The smallest absolute Gasteiger partial charge is 0.284 e. The van der Waals surface area contributed by atoms with Gasteiger partial charge in [0.15, 0.2) is 0 Å².